The molecule has 0 unspecified atom stereocenters. The molecule has 2 aromatic rings. The first-order chi connectivity index (χ1) is 12.1. The van der Waals surface area contributed by atoms with Gasteiger partial charge in [-0.3, -0.25) is 14.5 Å². The molecule has 0 N–H and O–H groups in total. The highest BCUT2D eigenvalue weighted by Crippen LogP contribution is 2.21. The monoisotopic (exact) mass is 360 g/mol. The van der Waals surface area contributed by atoms with E-state index in [1.165, 1.54) is 23.1 Å². The minimum Gasteiger partial charge on any atom is -0.298 e. The lowest BCUT2D eigenvalue weighted by molar-refractivity contribution is 0.247. The van der Waals surface area contributed by atoms with Gasteiger partial charge in [0, 0.05) is 38.8 Å². The molecule has 1 aromatic carbocycles. The first-order valence-electron chi connectivity index (χ1n) is 9.27. The van der Waals surface area contributed by atoms with Gasteiger partial charge in [-0.05, 0) is 44.0 Å². The van der Waals surface area contributed by atoms with Crippen molar-refractivity contribution in [2.24, 2.45) is 7.05 Å². The summed E-state index contributed by atoms with van der Waals surface area (Å²) in [6.45, 7) is 10.7. The zero-order chi connectivity index (χ0) is 17.8. The van der Waals surface area contributed by atoms with Crippen molar-refractivity contribution in [2.45, 2.75) is 39.8 Å². The third-order valence-electron chi connectivity index (χ3n) is 5.17. The second-order valence-corrected chi connectivity index (χ2v) is 7.41. The van der Waals surface area contributed by atoms with E-state index in [4.69, 9.17) is 11.6 Å². The number of aryl methyl sites for hydroxylation is 3. The van der Waals surface area contributed by atoms with Gasteiger partial charge in [-0.2, -0.15) is 5.10 Å². The van der Waals surface area contributed by atoms with Gasteiger partial charge < -0.3 is 0 Å². The summed E-state index contributed by atoms with van der Waals surface area (Å²) < 4.78 is 1.77. The van der Waals surface area contributed by atoms with E-state index in [-0.39, 0.29) is 0 Å². The third-order valence-corrected chi connectivity index (χ3v) is 5.64. The average molecular weight is 361 g/mol. The molecule has 1 aliphatic rings. The zero-order valence-electron chi connectivity index (χ0n) is 15.6. The van der Waals surface area contributed by atoms with E-state index in [9.17, 15) is 0 Å². The lowest BCUT2D eigenvalue weighted by Crippen LogP contribution is -2.30. The molecule has 0 atom stereocenters. The van der Waals surface area contributed by atoms with Crippen molar-refractivity contribution in [3.8, 4) is 0 Å². The van der Waals surface area contributed by atoms with Gasteiger partial charge in [0.2, 0.25) is 0 Å². The van der Waals surface area contributed by atoms with Gasteiger partial charge in [-0.15, -0.1) is 0 Å². The first kappa shape index (κ1) is 18.4. The maximum absolute atomic E-state index is 6.40. The number of benzene rings is 1. The predicted molar refractivity (Wildman–Crippen MR) is 104 cm³/mol. The fourth-order valence-corrected chi connectivity index (χ4v) is 3.79. The molecule has 1 fully saturated rings. The molecule has 0 saturated carbocycles. The SMILES string of the molecule is CCc1ccc(CN2CCCN(Cc3c(C)nn(C)c3Cl)CC2)cc1. The Kier molecular flexibility index (Phi) is 6.15. The predicted octanol–water partition coefficient (Wildman–Crippen LogP) is 3.65. The van der Waals surface area contributed by atoms with E-state index in [0.29, 0.717) is 0 Å². The van der Waals surface area contributed by atoms with Crippen LogP contribution in [0.15, 0.2) is 24.3 Å². The number of halogens is 1. The molecule has 0 radical (unpaired) electrons. The molecule has 0 amide bonds. The highest BCUT2D eigenvalue weighted by molar-refractivity contribution is 6.30. The molecule has 136 valence electrons. The normalized spacial score (nSPS) is 17.0. The summed E-state index contributed by atoms with van der Waals surface area (Å²) >= 11 is 6.40. The number of hydrogen-bond acceptors (Lipinski definition) is 3. The molecular formula is C20H29ClN4. The van der Waals surface area contributed by atoms with E-state index in [1.54, 1.807) is 4.68 Å². The van der Waals surface area contributed by atoms with Gasteiger partial charge >= 0.3 is 0 Å². The van der Waals surface area contributed by atoms with E-state index in [2.05, 4.69) is 46.1 Å². The van der Waals surface area contributed by atoms with Crippen LogP contribution in [0.4, 0.5) is 0 Å². The second-order valence-electron chi connectivity index (χ2n) is 7.05. The van der Waals surface area contributed by atoms with Gasteiger partial charge in [0.25, 0.3) is 0 Å². The standard InChI is InChI=1S/C20H29ClN4/c1-4-17-6-8-18(9-7-17)14-24-10-5-11-25(13-12-24)15-19-16(2)22-23(3)20(19)21/h6-9H,4-5,10-15H2,1-3H3. The van der Waals surface area contributed by atoms with Crippen LogP contribution < -0.4 is 0 Å². The van der Waals surface area contributed by atoms with Crippen molar-refractivity contribution in [3.05, 3.63) is 51.8 Å². The molecule has 0 aliphatic carbocycles. The van der Waals surface area contributed by atoms with Gasteiger partial charge in [0.1, 0.15) is 5.15 Å². The lowest BCUT2D eigenvalue weighted by atomic mass is 10.1. The van der Waals surface area contributed by atoms with Crippen molar-refractivity contribution in [1.29, 1.82) is 0 Å². The fraction of sp³-hybridized carbons (Fsp3) is 0.550. The molecule has 4 nitrogen and oxygen atoms in total. The molecule has 0 spiro atoms. The Hall–Kier alpha value is -1.36. The highest BCUT2D eigenvalue weighted by atomic mass is 35.5. The average Bonchev–Trinajstić information content (AvgIpc) is 2.78. The summed E-state index contributed by atoms with van der Waals surface area (Å²) in [6, 6.07) is 9.07. The van der Waals surface area contributed by atoms with E-state index < -0.39 is 0 Å². The second kappa shape index (κ2) is 8.35. The fourth-order valence-electron chi connectivity index (χ4n) is 3.56. The summed E-state index contributed by atoms with van der Waals surface area (Å²) in [5.41, 5.74) is 5.05. The minimum atomic E-state index is 0.773. The lowest BCUT2D eigenvalue weighted by Gasteiger charge is -2.22. The number of hydrogen-bond donors (Lipinski definition) is 0. The quantitative estimate of drug-likeness (QED) is 0.813. The molecule has 1 aliphatic heterocycles. The van der Waals surface area contributed by atoms with Gasteiger partial charge in [-0.25, -0.2) is 0 Å². The summed E-state index contributed by atoms with van der Waals surface area (Å²) in [6.07, 6.45) is 2.30. The summed E-state index contributed by atoms with van der Waals surface area (Å²) in [4.78, 5) is 5.08. The Balaban J connectivity index is 1.56. The smallest absolute Gasteiger partial charge is 0.131 e. The van der Waals surface area contributed by atoms with Crippen LogP contribution in [0.2, 0.25) is 5.15 Å². The Morgan fingerprint density at radius 3 is 2.12 bits per heavy atom. The first-order valence-corrected chi connectivity index (χ1v) is 9.65. The topological polar surface area (TPSA) is 24.3 Å². The van der Waals surface area contributed by atoms with E-state index >= 15 is 0 Å². The molecule has 2 heterocycles. The molecule has 0 bridgehead atoms. The molecule has 5 heteroatoms. The number of aromatic nitrogens is 2. The molecule has 25 heavy (non-hydrogen) atoms. The Labute approximate surface area is 156 Å². The molecule has 1 saturated heterocycles. The summed E-state index contributed by atoms with van der Waals surface area (Å²) in [7, 11) is 1.91. The van der Waals surface area contributed by atoms with Crippen molar-refractivity contribution < 1.29 is 0 Å². The number of nitrogens with zero attached hydrogens (tertiary/aromatic N) is 4. The van der Waals surface area contributed by atoms with E-state index in [0.717, 1.165) is 56.5 Å². The van der Waals surface area contributed by atoms with Crippen LogP contribution in [-0.4, -0.2) is 45.8 Å². The zero-order valence-corrected chi connectivity index (χ0v) is 16.4. The maximum atomic E-state index is 6.40. The summed E-state index contributed by atoms with van der Waals surface area (Å²) in [5.74, 6) is 0. The number of rotatable bonds is 5. The molecule has 1 aromatic heterocycles. The Morgan fingerprint density at radius 2 is 1.56 bits per heavy atom. The van der Waals surface area contributed by atoms with Crippen LogP contribution in [0.25, 0.3) is 0 Å². The van der Waals surface area contributed by atoms with Crippen LogP contribution in [0.3, 0.4) is 0 Å². The Bertz CT molecular complexity index is 692. The highest BCUT2D eigenvalue weighted by Gasteiger charge is 2.19. The van der Waals surface area contributed by atoms with E-state index in [1.807, 2.05) is 14.0 Å². The molecule has 3 rings (SSSR count). The van der Waals surface area contributed by atoms with Crippen LogP contribution in [0, 0.1) is 6.92 Å². The maximum Gasteiger partial charge on any atom is 0.131 e. The van der Waals surface area contributed by atoms with Crippen LogP contribution in [0.5, 0.6) is 0 Å². The van der Waals surface area contributed by atoms with Crippen LogP contribution >= 0.6 is 11.6 Å². The van der Waals surface area contributed by atoms with Crippen LogP contribution in [-0.2, 0) is 26.6 Å². The molecular weight excluding hydrogens is 332 g/mol. The Morgan fingerprint density at radius 1 is 0.960 bits per heavy atom. The summed E-state index contributed by atoms with van der Waals surface area (Å²) in [5, 5.41) is 5.20. The van der Waals surface area contributed by atoms with Crippen molar-refractivity contribution in [3.63, 3.8) is 0 Å². The van der Waals surface area contributed by atoms with Crippen molar-refractivity contribution in [2.75, 3.05) is 26.2 Å². The van der Waals surface area contributed by atoms with Gasteiger partial charge in [0.05, 0.1) is 5.69 Å². The largest absolute Gasteiger partial charge is 0.298 e. The van der Waals surface area contributed by atoms with Crippen molar-refractivity contribution >= 4 is 11.6 Å². The van der Waals surface area contributed by atoms with Crippen molar-refractivity contribution in [1.82, 2.24) is 19.6 Å². The minimum absolute atomic E-state index is 0.773. The van der Waals surface area contributed by atoms with Gasteiger partial charge in [0.15, 0.2) is 0 Å². The van der Waals surface area contributed by atoms with Gasteiger partial charge in [-0.1, -0.05) is 42.8 Å². The van der Waals surface area contributed by atoms with Crippen LogP contribution in [0.1, 0.15) is 35.7 Å². The third kappa shape index (κ3) is 4.63.